The van der Waals surface area contributed by atoms with Crippen molar-refractivity contribution in [3.8, 4) is 33.4 Å². The second-order valence-corrected chi connectivity index (χ2v) is 14.9. The van der Waals surface area contributed by atoms with Gasteiger partial charge in [-0.15, -0.1) is 0 Å². The van der Waals surface area contributed by atoms with Crippen LogP contribution in [0.1, 0.15) is 23.5 Å². The van der Waals surface area contributed by atoms with E-state index in [0.29, 0.717) is 5.92 Å². The molecule has 1 unspecified atom stereocenters. The number of fused-ring (bicyclic) bond motifs is 3. The first-order chi connectivity index (χ1) is 28.3. The van der Waals surface area contributed by atoms with Crippen LogP contribution in [0.5, 0.6) is 0 Å². The van der Waals surface area contributed by atoms with Crippen molar-refractivity contribution >= 4 is 44.2 Å². The fourth-order valence-corrected chi connectivity index (χ4v) is 8.51. The van der Waals surface area contributed by atoms with E-state index in [2.05, 4.69) is 235 Å². The van der Waals surface area contributed by atoms with Crippen molar-refractivity contribution in [1.29, 1.82) is 0 Å². The topological polar surface area (TPSA) is 3.24 Å². The highest BCUT2D eigenvalue weighted by Crippen LogP contribution is 2.44. The zero-order valence-corrected chi connectivity index (χ0v) is 31.7. The Morgan fingerprint density at radius 2 is 0.912 bits per heavy atom. The fraction of sp³-hybridized carbons (Fsp3) is 0.0357. The molecule has 0 saturated carbocycles. The van der Waals surface area contributed by atoms with Crippen molar-refractivity contribution in [2.75, 3.05) is 4.90 Å². The predicted octanol–water partition coefficient (Wildman–Crippen LogP) is 15.6. The van der Waals surface area contributed by atoms with E-state index in [1.165, 1.54) is 71.6 Å². The molecular formula is C56H41N. The van der Waals surface area contributed by atoms with E-state index in [4.69, 9.17) is 0 Å². The lowest BCUT2D eigenvalue weighted by atomic mass is 9.88. The maximum absolute atomic E-state index is 2.39. The molecular weight excluding hydrogens is 687 g/mol. The Morgan fingerprint density at radius 3 is 1.58 bits per heavy atom. The molecule has 9 aromatic rings. The zero-order valence-electron chi connectivity index (χ0n) is 31.7. The Bertz CT molecular complexity index is 2890. The average molecular weight is 728 g/mol. The molecule has 0 N–H and O–H groups in total. The molecule has 0 spiro atoms. The van der Waals surface area contributed by atoms with E-state index in [-0.39, 0.29) is 0 Å². The first kappa shape index (κ1) is 34.3. The smallest absolute Gasteiger partial charge is 0.0468 e. The summed E-state index contributed by atoms with van der Waals surface area (Å²) in [6, 6.07) is 77.2. The Labute approximate surface area is 335 Å². The average Bonchev–Trinajstić information content (AvgIpc) is 3.30. The van der Waals surface area contributed by atoms with Gasteiger partial charge in [-0.05, 0) is 121 Å². The molecule has 270 valence electrons. The van der Waals surface area contributed by atoms with Crippen molar-refractivity contribution in [2.45, 2.75) is 12.3 Å². The van der Waals surface area contributed by atoms with Crippen LogP contribution in [0.15, 0.2) is 231 Å². The molecule has 1 aliphatic rings. The number of benzene rings is 9. The van der Waals surface area contributed by atoms with Crippen LogP contribution in [-0.2, 0) is 0 Å². The van der Waals surface area contributed by atoms with Gasteiger partial charge < -0.3 is 4.90 Å². The van der Waals surface area contributed by atoms with E-state index in [9.17, 15) is 0 Å². The second-order valence-electron chi connectivity index (χ2n) is 14.9. The van der Waals surface area contributed by atoms with E-state index in [1.807, 2.05) is 0 Å². The van der Waals surface area contributed by atoms with Crippen LogP contribution in [0.25, 0.3) is 60.5 Å². The van der Waals surface area contributed by atoms with Gasteiger partial charge in [0.15, 0.2) is 0 Å². The molecule has 0 saturated heterocycles. The van der Waals surface area contributed by atoms with Gasteiger partial charge >= 0.3 is 0 Å². The number of hydrogen-bond acceptors (Lipinski definition) is 1. The first-order valence-corrected chi connectivity index (χ1v) is 19.9. The van der Waals surface area contributed by atoms with E-state index >= 15 is 0 Å². The Morgan fingerprint density at radius 1 is 0.368 bits per heavy atom. The highest BCUT2D eigenvalue weighted by atomic mass is 15.1. The molecule has 0 aromatic heterocycles. The van der Waals surface area contributed by atoms with Crippen LogP contribution < -0.4 is 4.90 Å². The highest BCUT2D eigenvalue weighted by Gasteiger charge is 2.19. The summed E-state index contributed by atoms with van der Waals surface area (Å²) < 4.78 is 0. The van der Waals surface area contributed by atoms with Gasteiger partial charge in [0.05, 0.1) is 0 Å². The van der Waals surface area contributed by atoms with Gasteiger partial charge in [-0.1, -0.05) is 188 Å². The summed E-state index contributed by atoms with van der Waals surface area (Å²) in [7, 11) is 0. The Hall–Kier alpha value is -7.22. The molecule has 57 heavy (non-hydrogen) atoms. The highest BCUT2D eigenvalue weighted by molar-refractivity contribution is 6.15. The van der Waals surface area contributed by atoms with Crippen LogP contribution in [0.4, 0.5) is 17.1 Å². The molecule has 1 atom stereocenters. The number of anilines is 3. The fourth-order valence-electron chi connectivity index (χ4n) is 8.51. The first-order valence-electron chi connectivity index (χ1n) is 19.9. The predicted molar refractivity (Wildman–Crippen MR) is 243 cm³/mol. The minimum absolute atomic E-state index is 0.415. The van der Waals surface area contributed by atoms with Gasteiger partial charge in [-0.3, -0.25) is 0 Å². The molecule has 0 heterocycles. The van der Waals surface area contributed by atoms with Crippen LogP contribution in [0, 0.1) is 0 Å². The third kappa shape index (κ3) is 6.75. The molecule has 1 heteroatoms. The van der Waals surface area contributed by atoms with Crippen molar-refractivity contribution in [2.24, 2.45) is 0 Å². The third-order valence-corrected chi connectivity index (χ3v) is 11.4. The maximum Gasteiger partial charge on any atom is 0.0468 e. The molecule has 0 fully saturated rings. The summed E-state index contributed by atoms with van der Waals surface area (Å²) >= 11 is 0. The SMILES string of the molecule is C1=CC(c2ccccc2)CC=C1c1ccc(N(c2ccc(-c3ccccc3)cc2)c2ccc(-c3cc4ccccc4c4ccccc34)c(-c3ccccc3)c2)cc1. The van der Waals surface area contributed by atoms with Crippen molar-refractivity contribution < 1.29 is 0 Å². The minimum Gasteiger partial charge on any atom is -0.310 e. The summed E-state index contributed by atoms with van der Waals surface area (Å²) in [5.74, 6) is 0.415. The van der Waals surface area contributed by atoms with Gasteiger partial charge in [0.25, 0.3) is 0 Å². The minimum atomic E-state index is 0.415. The number of nitrogens with zero attached hydrogens (tertiary/aromatic N) is 1. The van der Waals surface area contributed by atoms with Crippen LogP contribution >= 0.6 is 0 Å². The normalized spacial score (nSPS) is 13.8. The molecule has 1 nitrogen and oxygen atoms in total. The number of rotatable bonds is 8. The summed E-state index contributed by atoms with van der Waals surface area (Å²) in [6.45, 7) is 0. The van der Waals surface area contributed by atoms with E-state index in [1.54, 1.807) is 0 Å². The Balaban J connectivity index is 1.09. The largest absolute Gasteiger partial charge is 0.310 e. The van der Waals surface area contributed by atoms with E-state index < -0.39 is 0 Å². The number of allylic oxidation sites excluding steroid dienone is 4. The summed E-state index contributed by atoms with van der Waals surface area (Å²) in [5, 5.41) is 5.05. The molecule has 1 aliphatic carbocycles. The molecule has 0 amide bonds. The zero-order chi connectivity index (χ0) is 38.0. The molecule has 0 bridgehead atoms. The Kier molecular flexibility index (Phi) is 9.10. The lowest BCUT2D eigenvalue weighted by Crippen LogP contribution is -2.10. The molecule has 0 aliphatic heterocycles. The van der Waals surface area contributed by atoms with Crippen LogP contribution in [0.3, 0.4) is 0 Å². The second kappa shape index (κ2) is 15.1. The maximum atomic E-state index is 2.39. The van der Waals surface area contributed by atoms with Crippen LogP contribution in [0.2, 0.25) is 0 Å². The van der Waals surface area contributed by atoms with E-state index in [0.717, 1.165) is 23.5 Å². The van der Waals surface area contributed by atoms with Crippen molar-refractivity contribution in [3.63, 3.8) is 0 Å². The van der Waals surface area contributed by atoms with Gasteiger partial charge in [-0.25, -0.2) is 0 Å². The van der Waals surface area contributed by atoms with Gasteiger partial charge in [0.1, 0.15) is 0 Å². The molecule has 10 rings (SSSR count). The van der Waals surface area contributed by atoms with Gasteiger partial charge in [-0.2, -0.15) is 0 Å². The lowest BCUT2D eigenvalue weighted by molar-refractivity contribution is 0.856. The van der Waals surface area contributed by atoms with Crippen LogP contribution in [-0.4, -0.2) is 0 Å². The van der Waals surface area contributed by atoms with Crippen molar-refractivity contribution in [3.05, 3.63) is 242 Å². The summed E-state index contributed by atoms with van der Waals surface area (Å²) in [5.41, 5.74) is 14.4. The molecule has 0 radical (unpaired) electrons. The van der Waals surface area contributed by atoms with Gasteiger partial charge in [0, 0.05) is 23.0 Å². The lowest BCUT2D eigenvalue weighted by Gasteiger charge is -2.27. The number of hydrogen-bond donors (Lipinski definition) is 0. The van der Waals surface area contributed by atoms with Crippen molar-refractivity contribution in [1.82, 2.24) is 0 Å². The quantitative estimate of drug-likeness (QED) is 0.141. The standard InChI is InChI=1S/C56H41N/c1-4-14-40(15-5-1)42-24-26-43(27-25-42)45-30-34-49(35-31-45)57(48-32-28-44(29-33-48)41-16-6-2-7-17-41)50-36-37-54(55(39-50)46-18-8-3-9-19-46)56-38-47-20-10-11-21-51(47)52-22-12-13-23-53(52)56/h1-24,26-39,42H,25H2. The molecule has 9 aromatic carbocycles. The van der Waals surface area contributed by atoms with Gasteiger partial charge in [0.2, 0.25) is 0 Å². The summed E-state index contributed by atoms with van der Waals surface area (Å²) in [6.07, 6.45) is 8.02. The monoisotopic (exact) mass is 727 g/mol. The third-order valence-electron chi connectivity index (χ3n) is 11.4. The summed E-state index contributed by atoms with van der Waals surface area (Å²) in [4.78, 5) is 2.39.